The van der Waals surface area contributed by atoms with Gasteiger partial charge in [0.05, 0.1) is 0 Å². The van der Waals surface area contributed by atoms with Crippen molar-refractivity contribution in [1.82, 2.24) is 0 Å². The minimum absolute atomic E-state index is 1.09. The molecule has 0 bridgehead atoms. The van der Waals surface area contributed by atoms with Crippen molar-refractivity contribution in [2.75, 3.05) is 0 Å². The fourth-order valence-corrected chi connectivity index (χ4v) is 3.18. The molecule has 0 aliphatic heterocycles. The van der Waals surface area contributed by atoms with Gasteiger partial charge >= 0.3 is 0 Å². The zero-order valence-corrected chi connectivity index (χ0v) is 28.2. The SMILES string of the molecule is C=C(C)CCC.C=CCCC.CC.CCc1ccccc1.Cc1cc(C)c(S)cc1C.Cc1ccc(C)cc1. The van der Waals surface area contributed by atoms with Crippen molar-refractivity contribution in [3.8, 4) is 0 Å². The van der Waals surface area contributed by atoms with Crippen molar-refractivity contribution >= 4 is 12.6 Å². The van der Waals surface area contributed by atoms with E-state index in [2.05, 4.69) is 149 Å². The van der Waals surface area contributed by atoms with Gasteiger partial charge in [0.15, 0.2) is 0 Å². The Bertz CT molecular complexity index is 894. The van der Waals surface area contributed by atoms with Gasteiger partial charge in [0.2, 0.25) is 0 Å². The van der Waals surface area contributed by atoms with Gasteiger partial charge in [-0.25, -0.2) is 0 Å². The molecule has 0 N–H and O–H groups in total. The second-order valence-corrected chi connectivity index (χ2v) is 9.98. The lowest BCUT2D eigenvalue weighted by molar-refractivity contribution is 0.910. The number of allylic oxidation sites excluding steroid dienone is 2. The second-order valence-electron chi connectivity index (χ2n) is 9.50. The molecule has 3 aromatic carbocycles. The third-order valence-corrected chi connectivity index (χ3v) is 5.93. The first-order valence-corrected chi connectivity index (χ1v) is 15.1. The highest BCUT2D eigenvalue weighted by Crippen LogP contribution is 2.17. The van der Waals surface area contributed by atoms with E-state index in [-0.39, 0.29) is 0 Å². The molecule has 1 heteroatoms. The van der Waals surface area contributed by atoms with Crippen LogP contribution < -0.4 is 0 Å². The molecule has 0 unspecified atom stereocenters. The van der Waals surface area contributed by atoms with Crippen molar-refractivity contribution < 1.29 is 0 Å². The molecule has 0 saturated carbocycles. The Balaban J connectivity index is -0.000000417. The molecule has 0 fully saturated rings. The largest absolute Gasteiger partial charge is 0.143 e. The maximum absolute atomic E-state index is 4.31. The summed E-state index contributed by atoms with van der Waals surface area (Å²) in [5, 5.41) is 0. The summed E-state index contributed by atoms with van der Waals surface area (Å²) >= 11 is 4.31. The fourth-order valence-electron chi connectivity index (χ4n) is 2.93. The lowest BCUT2D eigenvalue weighted by atomic mass is 10.1. The predicted molar refractivity (Wildman–Crippen MR) is 186 cm³/mol. The van der Waals surface area contributed by atoms with Crippen LogP contribution in [0.5, 0.6) is 0 Å². The van der Waals surface area contributed by atoms with Crippen LogP contribution in [-0.4, -0.2) is 0 Å². The molecular formula is C38H60S. The number of unbranched alkanes of at least 4 members (excludes halogenated alkanes) is 1. The molecule has 0 radical (unpaired) electrons. The average molecular weight is 549 g/mol. The summed E-state index contributed by atoms with van der Waals surface area (Å²) < 4.78 is 0. The van der Waals surface area contributed by atoms with E-state index in [0.29, 0.717) is 0 Å². The molecule has 218 valence electrons. The normalized spacial score (nSPS) is 8.72. The Hall–Kier alpha value is -2.51. The van der Waals surface area contributed by atoms with Crippen LogP contribution in [0.4, 0.5) is 0 Å². The summed E-state index contributed by atoms with van der Waals surface area (Å²) in [6.07, 6.45) is 7.86. The highest BCUT2D eigenvalue weighted by Gasteiger charge is 1.96. The van der Waals surface area contributed by atoms with E-state index in [4.69, 9.17) is 0 Å². The zero-order chi connectivity index (χ0) is 30.6. The second kappa shape index (κ2) is 28.5. The molecule has 0 saturated heterocycles. The minimum Gasteiger partial charge on any atom is -0.143 e. The molecule has 0 aliphatic carbocycles. The van der Waals surface area contributed by atoms with Gasteiger partial charge in [0.25, 0.3) is 0 Å². The molecule has 0 atom stereocenters. The molecule has 3 aromatic rings. The lowest BCUT2D eigenvalue weighted by Gasteiger charge is -2.03. The van der Waals surface area contributed by atoms with Crippen LogP contribution in [0.25, 0.3) is 0 Å². The predicted octanol–water partition coefficient (Wildman–Crippen LogP) is 12.8. The standard InChI is InChI=1S/C9H12S.2C8H10.C6H12.C5H10.C2H6/c1-6-4-8(3)9(10)5-7(6)2;1-7-3-5-8(2)6-4-7;1-2-8-6-4-3-5-7-8;1-4-5-6(2)3;1-3-5-4-2;1-2/h4-5,10H,1-3H3;3-6H,1-2H3;3-7H,2H2,1H3;2,4-5H2,1,3H3;3H,1,4-5H2,2H3;1-2H3. The number of benzene rings is 3. The molecular weight excluding hydrogens is 488 g/mol. The molecule has 0 heterocycles. The highest BCUT2D eigenvalue weighted by molar-refractivity contribution is 7.80. The summed E-state index contributed by atoms with van der Waals surface area (Å²) in [6, 6.07) is 23.2. The Morgan fingerprint density at radius 2 is 1.18 bits per heavy atom. The van der Waals surface area contributed by atoms with Gasteiger partial charge in [-0.2, -0.15) is 0 Å². The topological polar surface area (TPSA) is 0 Å². The number of hydrogen-bond acceptors (Lipinski definition) is 1. The van der Waals surface area contributed by atoms with Crippen molar-refractivity contribution in [2.45, 2.75) is 113 Å². The Morgan fingerprint density at radius 3 is 1.44 bits per heavy atom. The first kappa shape index (κ1) is 41.0. The summed E-state index contributed by atoms with van der Waals surface area (Å²) in [6.45, 7) is 30.3. The lowest BCUT2D eigenvalue weighted by Crippen LogP contribution is -1.83. The molecule has 0 spiro atoms. The van der Waals surface area contributed by atoms with Gasteiger partial charge in [-0.15, -0.1) is 25.8 Å². The Labute approximate surface area is 250 Å². The maximum atomic E-state index is 4.31. The van der Waals surface area contributed by atoms with E-state index in [1.165, 1.54) is 58.2 Å². The monoisotopic (exact) mass is 548 g/mol. The van der Waals surface area contributed by atoms with Crippen LogP contribution in [-0.2, 0) is 6.42 Å². The Kier molecular flexibility index (Phi) is 29.9. The molecule has 0 aliphatic rings. The number of rotatable bonds is 5. The van der Waals surface area contributed by atoms with E-state index < -0.39 is 0 Å². The van der Waals surface area contributed by atoms with Crippen LogP contribution in [0.1, 0.15) is 101 Å². The van der Waals surface area contributed by atoms with Gasteiger partial charge in [-0.3, -0.25) is 0 Å². The van der Waals surface area contributed by atoms with E-state index in [1.54, 1.807) is 0 Å². The smallest absolute Gasteiger partial charge is 0.00720 e. The number of hydrogen-bond donors (Lipinski definition) is 1. The van der Waals surface area contributed by atoms with Crippen molar-refractivity contribution in [3.05, 3.63) is 125 Å². The van der Waals surface area contributed by atoms with Crippen LogP contribution in [0.2, 0.25) is 0 Å². The summed E-state index contributed by atoms with van der Waals surface area (Å²) in [5.41, 5.74) is 9.27. The van der Waals surface area contributed by atoms with Gasteiger partial charge in [-0.1, -0.05) is 131 Å². The first-order valence-electron chi connectivity index (χ1n) is 14.6. The highest BCUT2D eigenvalue weighted by atomic mass is 32.1. The van der Waals surface area contributed by atoms with Gasteiger partial charge in [0, 0.05) is 4.90 Å². The van der Waals surface area contributed by atoms with E-state index in [1.807, 2.05) is 26.0 Å². The summed E-state index contributed by atoms with van der Waals surface area (Å²) in [5.74, 6) is 0. The van der Waals surface area contributed by atoms with Crippen molar-refractivity contribution in [1.29, 1.82) is 0 Å². The van der Waals surface area contributed by atoms with Crippen molar-refractivity contribution in [3.63, 3.8) is 0 Å². The van der Waals surface area contributed by atoms with E-state index in [0.717, 1.165) is 17.7 Å². The van der Waals surface area contributed by atoms with Crippen LogP contribution in [0.15, 0.2) is 96.4 Å². The van der Waals surface area contributed by atoms with Crippen LogP contribution in [0.3, 0.4) is 0 Å². The van der Waals surface area contributed by atoms with Gasteiger partial charge in [-0.05, 0) is 89.1 Å². The first-order chi connectivity index (χ1) is 18.5. The van der Waals surface area contributed by atoms with Crippen molar-refractivity contribution in [2.24, 2.45) is 0 Å². The van der Waals surface area contributed by atoms with E-state index >= 15 is 0 Å². The minimum atomic E-state index is 1.09. The van der Waals surface area contributed by atoms with E-state index in [9.17, 15) is 0 Å². The molecule has 0 nitrogen and oxygen atoms in total. The molecule has 0 aromatic heterocycles. The average Bonchev–Trinajstić information content (AvgIpc) is 2.93. The maximum Gasteiger partial charge on any atom is 0.00720 e. The number of aryl methyl sites for hydroxylation is 6. The number of thiol groups is 1. The third kappa shape index (κ3) is 26.9. The van der Waals surface area contributed by atoms with Gasteiger partial charge in [0.1, 0.15) is 0 Å². The summed E-state index contributed by atoms with van der Waals surface area (Å²) in [4.78, 5) is 1.09. The molecule has 0 amide bonds. The molecule has 3 rings (SSSR count). The summed E-state index contributed by atoms with van der Waals surface area (Å²) in [7, 11) is 0. The quantitative estimate of drug-likeness (QED) is 0.238. The zero-order valence-electron chi connectivity index (χ0n) is 27.3. The van der Waals surface area contributed by atoms with Gasteiger partial charge < -0.3 is 0 Å². The van der Waals surface area contributed by atoms with Crippen LogP contribution >= 0.6 is 12.6 Å². The Morgan fingerprint density at radius 1 is 0.718 bits per heavy atom. The fraction of sp³-hybridized carbons (Fsp3) is 0.421. The molecule has 39 heavy (non-hydrogen) atoms. The van der Waals surface area contributed by atoms with Crippen LogP contribution in [0, 0.1) is 34.6 Å². The third-order valence-electron chi connectivity index (χ3n) is 5.45.